The fourth-order valence-electron chi connectivity index (χ4n) is 2.63. The Morgan fingerprint density at radius 1 is 0.848 bits per heavy atom. The summed E-state index contributed by atoms with van der Waals surface area (Å²) >= 11 is 11.9. The van der Waals surface area contributed by atoms with E-state index in [1.54, 1.807) is 0 Å². The van der Waals surface area contributed by atoms with Crippen LogP contribution in [-0.2, 0) is 9.47 Å². The van der Waals surface area contributed by atoms with Crippen LogP contribution in [0.1, 0.15) is 20.7 Å². The zero-order valence-electron chi connectivity index (χ0n) is 17.0. The number of nitro groups is 1. The summed E-state index contributed by atoms with van der Waals surface area (Å²) < 4.78 is 20.6. The van der Waals surface area contributed by atoms with Crippen LogP contribution in [0.5, 0.6) is 23.3 Å². The predicted octanol–water partition coefficient (Wildman–Crippen LogP) is 5.45. The molecule has 0 spiro atoms. The van der Waals surface area contributed by atoms with Crippen molar-refractivity contribution in [2.45, 2.75) is 0 Å². The molecule has 0 N–H and O–H groups in total. The second-order valence-electron chi connectivity index (χ2n) is 6.20. The number of hydrogen-bond acceptors (Lipinski definition) is 9. The van der Waals surface area contributed by atoms with Crippen LogP contribution in [0.4, 0.5) is 5.69 Å². The van der Waals surface area contributed by atoms with Gasteiger partial charge in [-0.2, -0.15) is 4.98 Å². The number of halogens is 2. The molecule has 0 aliphatic carbocycles. The summed E-state index contributed by atoms with van der Waals surface area (Å²) in [5.74, 6) is -2.14. The lowest BCUT2D eigenvalue weighted by molar-refractivity contribution is -0.386. The third kappa shape index (κ3) is 5.48. The number of carbonyl (C=O) groups excluding carboxylic acids is 2. The predicted molar refractivity (Wildman–Crippen MR) is 117 cm³/mol. The van der Waals surface area contributed by atoms with Crippen LogP contribution in [0.3, 0.4) is 0 Å². The van der Waals surface area contributed by atoms with Gasteiger partial charge < -0.3 is 18.9 Å². The number of nitrogens with zero attached hydrogens (tertiary/aromatic N) is 2. The first kappa shape index (κ1) is 23.8. The standard InChI is InChI=1S/C21H14Cl2N2O8/c1-30-20(26)13-9-11(22)3-6-16(13)32-18-8-5-15(25(28)29)19(24-18)33-17-7-4-12(23)10-14(17)21(27)31-2/h3-10H,1-2H3. The number of benzene rings is 2. The third-order valence-corrected chi connectivity index (χ3v) is 4.60. The van der Waals surface area contributed by atoms with E-state index in [0.717, 1.165) is 13.2 Å². The van der Waals surface area contributed by atoms with Gasteiger partial charge in [0, 0.05) is 22.2 Å². The maximum absolute atomic E-state index is 12.1. The first-order valence-electron chi connectivity index (χ1n) is 9.00. The molecule has 10 nitrogen and oxygen atoms in total. The molecule has 0 unspecified atom stereocenters. The highest BCUT2D eigenvalue weighted by Gasteiger charge is 2.23. The number of methoxy groups -OCH3 is 2. The van der Waals surface area contributed by atoms with Gasteiger partial charge in [-0.05, 0) is 36.4 Å². The van der Waals surface area contributed by atoms with Crippen LogP contribution in [0.25, 0.3) is 0 Å². The summed E-state index contributed by atoms with van der Waals surface area (Å²) in [5.41, 5.74) is -0.561. The third-order valence-electron chi connectivity index (χ3n) is 4.13. The molecule has 0 aliphatic heterocycles. The molecule has 0 amide bonds. The van der Waals surface area contributed by atoms with Gasteiger partial charge in [-0.15, -0.1) is 0 Å². The molecule has 3 rings (SSSR count). The summed E-state index contributed by atoms with van der Waals surface area (Å²) in [4.78, 5) is 38.9. The van der Waals surface area contributed by atoms with Crippen LogP contribution in [-0.4, -0.2) is 36.1 Å². The molecular weight excluding hydrogens is 479 g/mol. The highest BCUT2D eigenvalue weighted by molar-refractivity contribution is 6.31. The van der Waals surface area contributed by atoms with E-state index in [4.69, 9.17) is 42.1 Å². The maximum Gasteiger partial charge on any atom is 0.341 e. The number of carbonyl (C=O) groups is 2. The van der Waals surface area contributed by atoms with Gasteiger partial charge in [0.1, 0.15) is 22.6 Å². The summed E-state index contributed by atoms with van der Waals surface area (Å²) in [5, 5.41) is 12.0. The highest BCUT2D eigenvalue weighted by atomic mass is 35.5. The molecule has 1 heterocycles. The number of ether oxygens (including phenoxy) is 4. The van der Waals surface area contributed by atoms with Crippen molar-refractivity contribution in [3.05, 3.63) is 79.8 Å². The zero-order chi connectivity index (χ0) is 24.1. The Bertz CT molecular complexity index is 1250. The van der Waals surface area contributed by atoms with Crippen LogP contribution in [0.2, 0.25) is 10.0 Å². The van der Waals surface area contributed by atoms with Crippen LogP contribution in [0.15, 0.2) is 48.5 Å². The number of esters is 2. The SMILES string of the molecule is COC(=O)c1cc(Cl)ccc1Oc1ccc([N+](=O)[O-])c(Oc2ccc(Cl)cc2C(=O)OC)n1. The van der Waals surface area contributed by atoms with E-state index >= 15 is 0 Å². The van der Waals surface area contributed by atoms with Gasteiger partial charge in [0.25, 0.3) is 0 Å². The molecule has 0 fully saturated rings. The van der Waals surface area contributed by atoms with Gasteiger partial charge in [-0.1, -0.05) is 23.2 Å². The Kier molecular flexibility index (Phi) is 7.31. The highest BCUT2D eigenvalue weighted by Crippen LogP contribution is 2.36. The van der Waals surface area contributed by atoms with Gasteiger partial charge >= 0.3 is 23.5 Å². The van der Waals surface area contributed by atoms with Crippen LogP contribution < -0.4 is 9.47 Å². The average Bonchev–Trinajstić information content (AvgIpc) is 2.80. The van der Waals surface area contributed by atoms with E-state index in [2.05, 4.69) is 4.98 Å². The summed E-state index contributed by atoms with van der Waals surface area (Å²) in [6, 6.07) is 10.6. The molecule has 0 aliphatic rings. The molecule has 12 heteroatoms. The van der Waals surface area contributed by atoms with Gasteiger partial charge in [0.15, 0.2) is 0 Å². The lowest BCUT2D eigenvalue weighted by Crippen LogP contribution is -2.06. The normalized spacial score (nSPS) is 10.3. The number of hydrogen-bond donors (Lipinski definition) is 0. The molecule has 0 radical (unpaired) electrons. The molecule has 0 atom stereocenters. The fraction of sp³-hybridized carbons (Fsp3) is 0.0952. The second-order valence-corrected chi connectivity index (χ2v) is 7.07. The molecule has 0 saturated heterocycles. The van der Waals surface area contributed by atoms with E-state index in [0.29, 0.717) is 0 Å². The van der Waals surface area contributed by atoms with Crippen molar-refractivity contribution < 1.29 is 33.5 Å². The van der Waals surface area contributed by atoms with Gasteiger partial charge in [-0.3, -0.25) is 10.1 Å². The largest absolute Gasteiger partial charge is 0.465 e. The van der Waals surface area contributed by atoms with Crippen molar-refractivity contribution in [2.24, 2.45) is 0 Å². The quantitative estimate of drug-likeness (QED) is 0.240. The van der Waals surface area contributed by atoms with E-state index in [1.165, 1.54) is 49.6 Å². The fourth-order valence-corrected chi connectivity index (χ4v) is 2.97. The van der Waals surface area contributed by atoms with E-state index in [-0.39, 0.29) is 38.6 Å². The van der Waals surface area contributed by atoms with Gasteiger partial charge in [-0.25, -0.2) is 9.59 Å². The van der Waals surface area contributed by atoms with E-state index < -0.39 is 28.4 Å². The summed E-state index contributed by atoms with van der Waals surface area (Å²) in [7, 11) is 2.35. The van der Waals surface area contributed by atoms with Gasteiger partial charge in [0.2, 0.25) is 5.88 Å². The van der Waals surface area contributed by atoms with Gasteiger partial charge in [0.05, 0.1) is 19.1 Å². The Hall–Kier alpha value is -3.89. The van der Waals surface area contributed by atoms with E-state index in [1.807, 2.05) is 0 Å². The van der Waals surface area contributed by atoms with Crippen LogP contribution in [0, 0.1) is 10.1 Å². The summed E-state index contributed by atoms with van der Waals surface area (Å²) in [6.07, 6.45) is 0. The molecule has 1 aromatic heterocycles. The summed E-state index contributed by atoms with van der Waals surface area (Å²) in [6.45, 7) is 0. The number of aromatic nitrogens is 1. The molecule has 33 heavy (non-hydrogen) atoms. The second kappa shape index (κ2) is 10.2. The van der Waals surface area contributed by atoms with Crippen molar-refractivity contribution >= 4 is 40.8 Å². The minimum Gasteiger partial charge on any atom is -0.465 e. The molecule has 2 aromatic carbocycles. The first-order valence-corrected chi connectivity index (χ1v) is 9.76. The monoisotopic (exact) mass is 492 g/mol. The smallest absolute Gasteiger partial charge is 0.341 e. The topological polar surface area (TPSA) is 127 Å². The Balaban J connectivity index is 2.03. The lowest BCUT2D eigenvalue weighted by Gasteiger charge is -2.12. The minimum absolute atomic E-state index is 0.0123. The molecule has 0 bridgehead atoms. The van der Waals surface area contributed by atoms with Crippen molar-refractivity contribution in [2.75, 3.05) is 14.2 Å². The van der Waals surface area contributed by atoms with Crippen molar-refractivity contribution in [1.82, 2.24) is 4.98 Å². The molecule has 3 aromatic rings. The average molecular weight is 493 g/mol. The van der Waals surface area contributed by atoms with Crippen molar-refractivity contribution in [1.29, 1.82) is 0 Å². The van der Waals surface area contributed by atoms with Crippen LogP contribution >= 0.6 is 23.2 Å². The Morgan fingerprint density at radius 3 is 1.85 bits per heavy atom. The first-order chi connectivity index (χ1) is 15.7. The number of pyridine rings is 1. The number of rotatable bonds is 7. The van der Waals surface area contributed by atoms with Crippen molar-refractivity contribution in [3.8, 4) is 23.3 Å². The minimum atomic E-state index is -0.772. The van der Waals surface area contributed by atoms with Crippen molar-refractivity contribution in [3.63, 3.8) is 0 Å². The molecule has 0 saturated carbocycles. The molecule has 170 valence electrons. The zero-order valence-corrected chi connectivity index (χ0v) is 18.5. The Morgan fingerprint density at radius 2 is 1.36 bits per heavy atom. The lowest BCUT2D eigenvalue weighted by atomic mass is 10.2. The Labute approximate surface area is 196 Å². The maximum atomic E-state index is 12.1. The van der Waals surface area contributed by atoms with E-state index in [9.17, 15) is 19.7 Å². The molecular formula is C21H14Cl2N2O8.